The summed E-state index contributed by atoms with van der Waals surface area (Å²) >= 11 is 0. The maximum absolute atomic E-state index is 12.5. The van der Waals surface area contributed by atoms with Crippen LogP contribution in [0.15, 0.2) is 24.3 Å². The number of rotatable bonds is 2. The first-order chi connectivity index (χ1) is 11.1. The van der Waals surface area contributed by atoms with Gasteiger partial charge in [-0.05, 0) is 32.3 Å². The van der Waals surface area contributed by atoms with Gasteiger partial charge in [0.1, 0.15) is 6.10 Å². The SMILES string of the molecule is Cc1ccc(C2OC(=O)N(C(=O)NC3CCCCC3)C2C)cc1. The van der Waals surface area contributed by atoms with Crippen LogP contribution < -0.4 is 5.32 Å². The first-order valence-corrected chi connectivity index (χ1v) is 8.43. The molecule has 0 spiro atoms. The third-order valence-corrected chi connectivity index (χ3v) is 4.83. The molecule has 0 aromatic heterocycles. The van der Waals surface area contributed by atoms with Crippen LogP contribution in [0.25, 0.3) is 0 Å². The highest BCUT2D eigenvalue weighted by atomic mass is 16.6. The van der Waals surface area contributed by atoms with Crippen molar-refractivity contribution in [1.82, 2.24) is 10.2 Å². The molecule has 1 saturated heterocycles. The van der Waals surface area contributed by atoms with E-state index in [-0.39, 0.29) is 18.1 Å². The fourth-order valence-electron chi connectivity index (χ4n) is 3.43. The highest BCUT2D eigenvalue weighted by Crippen LogP contribution is 2.32. The van der Waals surface area contributed by atoms with Crippen molar-refractivity contribution in [3.05, 3.63) is 35.4 Å². The molecule has 124 valence electrons. The van der Waals surface area contributed by atoms with Gasteiger partial charge in [-0.25, -0.2) is 14.5 Å². The molecule has 3 amide bonds. The zero-order chi connectivity index (χ0) is 16.4. The summed E-state index contributed by atoms with van der Waals surface area (Å²) in [7, 11) is 0. The van der Waals surface area contributed by atoms with Crippen molar-refractivity contribution in [3.8, 4) is 0 Å². The second-order valence-electron chi connectivity index (χ2n) is 6.61. The summed E-state index contributed by atoms with van der Waals surface area (Å²) in [5.74, 6) is 0. The van der Waals surface area contributed by atoms with Crippen LogP contribution in [0.1, 0.15) is 56.3 Å². The number of urea groups is 1. The quantitative estimate of drug-likeness (QED) is 0.899. The molecule has 1 aliphatic heterocycles. The lowest BCUT2D eigenvalue weighted by atomic mass is 9.96. The van der Waals surface area contributed by atoms with Crippen molar-refractivity contribution >= 4 is 12.1 Å². The molecular weight excluding hydrogens is 292 g/mol. The number of carbonyl (C=O) groups is 2. The number of nitrogens with one attached hydrogen (secondary N) is 1. The molecule has 5 nitrogen and oxygen atoms in total. The van der Waals surface area contributed by atoms with Crippen LogP contribution >= 0.6 is 0 Å². The first kappa shape index (κ1) is 15.8. The number of ether oxygens (including phenoxy) is 1. The van der Waals surface area contributed by atoms with E-state index in [9.17, 15) is 9.59 Å². The molecule has 2 atom stereocenters. The fraction of sp³-hybridized carbons (Fsp3) is 0.556. The number of carbonyl (C=O) groups excluding carboxylic acids is 2. The summed E-state index contributed by atoms with van der Waals surface area (Å²) in [6.07, 6.45) is 4.52. The summed E-state index contributed by atoms with van der Waals surface area (Å²) in [5.41, 5.74) is 2.07. The van der Waals surface area contributed by atoms with E-state index < -0.39 is 12.2 Å². The summed E-state index contributed by atoms with van der Waals surface area (Å²) in [6, 6.07) is 7.41. The van der Waals surface area contributed by atoms with Gasteiger partial charge in [-0.2, -0.15) is 0 Å². The van der Waals surface area contributed by atoms with E-state index in [2.05, 4.69) is 5.32 Å². The minimum absolute atomic E-state index is 0.176. The molecule has 2 unspecified atom stereocenters. The molecule has 23 heavy (non-hydrogen) atoms. The average molecular weight is 316 g/mol. The number of cyclic esters (lactones) is 1. The summed E-state index contributed by atoms with van der Waals surface area (Å²) in [5, 5.41) is 2.99. The molecule has 1 heterocycles. The van der Waals surface area contributed by atoms with Crippen molar-refractivity contribution in [3.63, 3.8) is 0 Å². The molecule has 0 radical (unpaired) electrons. The zero-order valence-corrected chi connectivity index (χ0v) is 13.7. The molecule has 0 bridgehead atoms. The van der Waals surface area contributed by atoms with Gasteiger partial charge in [0, 0.05) is 6.04 Å². The minimum atomic E-state index is -0.559. The molecule has 1 aromatic carbocycles. The Morgan fingerprint density at radius 3 is 2.48 bits per heavy atom. The number of aryl methyl sites for hydroxylation is 1. The average Bonchev–Trinajstić information content (AvgIpc) is 2.84. The largest absolute Gasteiger partial charge is 0.439 e. The van der Waals surface area contributed by atoms with E-state index in [1.54, 1.807) is 0 Å². The van der Waals surface area contributed by atoms with E-state index in [0.717, 1.165) is 36.8 Å². The normalized spacial score (nSPS) is 25.3. The number of amides is 3. The van der Waals surface area contributed by atoms with Crippen LogP contribution in [0.5, 0.6) is 0 Å². The molecule has 1 N–H and O–H groups in total. The van der Waals surface area contributed by atoms with Crippen LogP contribution in [0, 0.1) is 6.92 Å². The highest BCUT2D eigenvalue weighted by Gasteiger charge is 2.43. The molecule has 2 aliphatic rings. The number of imide groups is 1. The smallest absolute Gasteiger partial charge is 0.419 e. The van der Waals surface area contributed by atoms with Gasteiger partial charge in [-0.15, -0.1) is 0 Å². The fourth-order valence-corrected chi connectivity index (χ4v) is 3.43. The maximum Gasteiger partial charge on any atom is 0.419 e. The van der Waals surface area contributed by atoms with E-state index in [4.69, 9.17) is 4.74 Å². The highest BCUT2D eigenvalue weighted by molar-refractivity contribution is 5.93. The van der Waals surface area contributed by atoms with Gasteiger partial charge in [-0.3, -0.25) is 0 Å². The van der Waals surface area contributed by atoms with Gasteiger partial charge in [0.05, 0.1) is 6.04 Å². The summed E-state index contributed by atoms with van der Waals surface area (Å²) < 4.78 is 5.45. The second-order valence-corrected chi connectivity index (χ2v) is 6.61. The molecule has 3 rings (SSSR count). The first-order valence-electron chi connectivity index (χ1n) is 8.43. The van der Waals surface area contributed by atoms with E-state index in [1.165, 1.54) is 11.3 Å². The lowest BCUT2D eigenvalue weighted by Gasteiger charge is -2.26. The predicted molar refractivity (Wildman–Crippen MR) is 87.1 cm³/mol. The standard InChI is InChI=1S/C18H24N2O3/c1-12-8-10-14(11-9-12)16-13(2)20(18(22)23-16)17(21)19-15-6-4-3-5-7-15/h8-11,13,15-16H,3-7H2,1-2H3,(H,19,21). The Bertz CT molecular complexity index is 578. The molecule has 1 aliphatic carbocycles. The third-order valence-electron chi connectivity index (χ3n) is 4.83. The van der Waals surface area contributed by atoms with Gasteiger partial charge in [0.2, 0.25) is 0 Å². The van der Waals surface area contributed by atoms with Crippen LogP contribution in [-0.4, -0.2) is 29.1 Å². The lowest BCUT2D eigenvalue weighted by molar-refractivity contribution is 0.131. The number of hydrogen-bond acceptors (Lipinski definition) is 3. The second kappa shape index (κ2) is 6.60. The van der Waals surface area contributed by atoms with Crippen LogP contribution in [0.3, 0.4) is 0 Å². The monoisotopic (exact) mass is 316 g/mol. The van der Waals surface area contributed by atoms with Crippen molar-refractivity contribution in [1.29, 1.82) is 0 Å². The zero-order valence-electron chi connectivity index (χ0n) is 13.7. The Kier molecular flexibility index (Phi) is 4.55. The van der Waals surface area contributed by atoms with Crippen molar-refractivity contribution in [2.24, 2.45) is 0 Å². The Labute approximate surface area is 137 Å². The van der Waals surface area contributed by atoms with Crippen LogP contribution in [0.2, 0.25) is 0 Å². The number of nitrogens with zero attached hydrogens (tertiary/aromatic N) is 1. The van der Waals surface area contributed by atoms with E-state index in [0.29, 0.717) is 0 Å². The van der Waals surface area contributed by atoms with Crippen molar-refractivity contribution in [2.75, 3.05) is 0 Å². The molecule has 1 aromatic rings. The Morgan fingerprint density at radius 2 is 1.83 bits per heavy atom. The lowest BCUT2D eigenvalue weighted by Crippen LogP contribution is -2.48. The number of hydrogen-bond donors (Lipinski definition) is 1. The topological polar surface area (TPSA) is 58.6 Å². The van der Waals surface area contributed by atoms with E-state index in [1.807, 2.05) is 38.1 Å². The van der Waals surface area contributed by atoms with Gasteiger partial charge in [0.15, 0.2) is 0 Å². The third kappa shape index (κ3) is 3.33. The predicted octanol–water partition coefficient (Wildman–Crippen LogP) is 3.92. The Hall–Kier alpha value is -2.04. The number of benzene rings is 1. The van der Waals surface area contributed by atoms with Crippen LogP contribution in [0.4, 0.5) is 9.59 Å². The van der Waals surface area contributed by atoms with Crippen LogP contribution in [-0.2, 0) is 4.74 Å². The maximum atomic E-state index is 12.5. The van der Waals surface area contributed by atoms with Gasteiger partial charge < -0.3 is 10.1 Å². The van der Waals surface area contributed by atoms with Gasteiger partial charge >= 0.3 is 12.1 Å². The van der Waals surface area contributed by atoms with E-state index >= 15 is 0 Å². The Balaban J connectivity index is 1.69. The van der Waals surface area contributed by atoms with Gasteiger partial charge in [-0.1, -0.05) is 49.1 Å². The van der Waals surface area contributed by atoms with Crippen molar-refractivity contribution < 1.29 is 14.3 Å². The summed E-state index contributed by atoms with van der Waals surface area (Å²) in [4.78, 5) is 25.9. The molecule has 1 saturated carbocycles. The van der Waals surface area contributed by atoms with Gasteiger partial charge in [0.25, 0.3) is 0 Å². The minimum Gasteiger partial charge on any atom is -0.439 e. The molecular formula is C18H24N2O3. The summed E-state index contributed by atoms with van der Waals surface area (Å²) in [6.45, 7) is 3.87. The Morgan fingerprint density at radius 1 is 1.17 bits per heavy atom. The van der Waals surface area contributed by atoms with Crippen molar-refractivity contribution in [2.45, 2.75) is 64.1 Å². The molecule has 5 heteroatoms. The molecule has 2 fully saturated rings.